The summed E-state index contributed by atoms with van der Waals surface area (Å²) in [7, 11) is 4.29. The molecule has 0 aliphatic carbocycles. The molecule has 0 spiro atoms. The summed E-state index contributed by atoms with van der Waals surface area (Å²) in [5.74, 6) is -0.393. The SMILES string of the molecule is C=C(C)Cn1c(SC(C)C(=O)OC)nc2c1c(=O)n(C)c(=O)n2C. The van der Waals surface area contributed by atoms with Crippen LogP contribution in [0.4, 0.5) is 0 Å². The average Bonchev–Trinajstić information content (AvgIpc) is 2.87. The molecule has 130 valence electrons. The van der Waals surface area contributed by atoms with Gasteiger partial charge in [-0.2, -0.15) is 0 Å². The summed E-state index contributed by atoms with van der Waals surface area (Å²) in [5.41, 5.74) is 0.522. The molecular formula is C15H20N4O4S. The molecular weight excluding hydrogens is 332 g/mol. The van der Waals surface area contributed by atoms with Crippen LogP contribution in [0.2, 0.25) is 0 Å². The first-order valence-corrected chi connectivity index (χ1v) is 8.12. The molecule has 0 saturated heterocycles. The van der Waals surface area contributed by atoms with Crippen LogP contribution < -0.4 is 11.2 Å². The number of aryl methyl sites for hydroxylation is 1. The number of methoxy groups -OCH3 is 1. The standard InChI is InChI=1S/C15H20N4O4S/c1-8(2)7-19-10-11(17(4)15(22)18(5)12(10)20)16-14(19)24-9(3)13(21)23-6/h9H,1,7H2,2-6H3. The molecule has 8 nitrogen and oxygen atoms in total. The molecule has 2 aromatic heterocycles. The number of nitrogens with zero attached hydrogens (tertiary/aromatic N) is 4. The molecule has 0 saturated carbocycles. The van der Waals surface area contributed by atoms with Crippen LogP contribution in [-0.4, -0.2) is 37.0 Å². The minimum atomic E-state index is -0.503. The highest BCUT2D eigenvalue weighted by molar-refractivity contribution is 8.00. The summed E-state index contributed by atoms with van der Waals surface area (Å²) in [5, 5.41) is -0.0410. The zero-order valence-corrected chi connectivity index (χ0v) is 15.1. The Labute approximate surface area is 142 Å². The number of hydrogen-bond acceptors (Lipinski definition) is 6. The fourth-order valence-electron chi connectivity index (χ4n) is 2.31. The number of esters is 1. The van der Waals surface area contributed by atoms with Gasteiger partial charge >= 0.3 is 11.7 Å². The van der Waals surface area contributed by atoms with E-state index in [0.717, 1.165) is 10.1 Å². The molecule has 0 fully saturated rings. The summed E-state index contributed by atoms with van der Waals surface area (Å²) in [6.07, 6.45) is 0. The molecule has 0 aromatic carbocycles. The van der Waals surface area contributed by atoms with E-state index >= 15 is 0 Å². The van der Waals surface area contributed by atoms with Gasteiger partial charge in [0.1, 0.15) is 5.25 Å². The fourth-order valence-corrected chi connectivity index (χ4v) is 3.24. The first-order valence-electron chi connectivity index (χ1n) is 7.24. The minimum Gasteiger partial charge on any atom is -0.468 e. The highest BCUT2D eigenvalue weighted by Crippen LogP contribution is 2.26. The maximum atomic E-state index is 12.6. The zero-order chi connectivity index (χ0) is 18.2. The Morgan fingerprint density at radius 1 is 1.33 bits per heavy atom. The van der Waals surface area contributed by atoms with Crippen LogP contribution >= 0.6 is 11.8 Å². The predicted octanol–water partition coefficient (Wildman–Crippen LogP) is 0.663. The molecule has 0 radical (unpaired) electrons. The number of aromatic nitrogens is 4. The van der Waals surface area contributed by atoms with Gasteiger partial charge in [-0.25, -0.2) is 9.78 Å². The Hall–Kier alpha value is -2.29. The second kappa shape index (κ2) is 6.68. The van der Waals surface area contributed by atoms with E-state index < -0.39 is 22.5 Å². The van der Waals surface area contributed by atoms with Crippen molar-refractivity contribution in [1.29, 1.82) is 0 Å². The van der Waals surface area contributed by atoms with E-state index in [4.69, 9.17) is 4.74 Å². The molecule has 0 amide bonds. The molecule has 0 bridgehead atoms. The molecule has 24 heavy (non-hydrogen) atoms. The van der Waals surface area contributed by atoms with Crippen molar-refractivity contribution in [2.45, 2.75) is 30.8 Å². The first kappa shape index (κ1) is 18.1. The molecule has 2 rings (SSSR count). The van der Waals surface area contributed by atoms with Gasteiger partial charge in [0.05, 0.1) is 7.11 Å². The van der Waals surface area contributed by atoms with E-state index in [9.17, 15) is 14.4 Å². The Kier molecular flexibility index (Phi) is 5.02. The van der Waals surface area contributed by atoms with Crippen LogP contribution in [0.15, 0.2) is 26.9 Å². The van der Waals surface area contributed by atoms with Gasteiger partial charge in [0.15, 0.2) is 16.3 Å². The Balaban J connectivity index is 2.76. The summed E-state index contributed by atoms with van der Waals surface area (Å²) in [4.78, 5) is 40.8. The Morgan fingerprint density at radius 2 is 1.96 bits per heavy atom. The van der Waals surface area contributed by atoms with Crippen molar-refractivity contribution in [2.75, 3.05) is 7.11 Å². The maximum absolute atomic E-state index is 12.6. The maximum Gasteiger partial charge on any atom is 0.332 e. The van der Waals surface area contributed by atoms with Gasteiger partial charge in [0.25, 0.3) is 5.56 Å². The van der Waals surface area contributed by atoms with Gasteiger partial charge in [0, 0.05) is 20.6 Å². The Morgan fingerprint density at radius 3 is 2.50 bits per heavy atom. The van der Waals surface area contributed by atoms with E-state index in [0.29, 0.717) is 17.2 Å². The minimum absolute atomic E-state index is 0.281. The molecule has 2 heterocycles. The van der Waals surface area contributed by atoms with Gasteiger partial charge < -0.3 is 9.30 Å². The van der Waals surface area contributed by atoms with Crippen LogP contribution in [0.3, 0.4) is 0 Å². The van der Waals surface area contributed by atoms with Crippen molar-refractivity contribution >= 4 is 28.9 Å². The number of allylic oxidation sites excluding steroid dienone is 1. The first-order chi connectivity index (χ1) is 11.2. The van der Waals surface area contributed by atoms with Crippen LogP contribution in [0.5, 0.6) is 0 Å². The number of carbonyl (C=O) groups excluding carboxylic acids is 1. The second-order valence-corrected chi connectivity index (χ2v) is 6.91. The lowest BCUT2D eigenvalue weighted by Gasteiger charge is -2.11. The summed E-state index contributed by atoms with van der Waals surface area (Å²) < 4.78 is 8.77. The molecule has 2 aromatic rings. The molecule has 1 unspecified atom stereocenters. The predicted molar refractivity (Wildman–Crippen MR) is 92.4 cm³/mol. The van der Waals surface area contributed by atoms with E-state index in [1.807, 2.05) is 6.92 Å². The lowest BCUT2D eigenvalue weighted by atomic mass is 10.3. The van der Waals surface area contributed by atoms with Crippen LogP contribution in [0.25, 0.3) is 11.2 Å². The molecule has 0 N–H and O–H groups in total. The normalized spacial score (nSPS) is 12.4. The molecule has 0 aliphatic heterocycles. The van der Waals surface area contributed by atoms with Crippen LogP contribution in [0, 0.1) is 0 Å². The highest BCUT2D eigenvalue weighted by Gasteiger charge is 2.23. The summed E-state index contributed by atoms with van der Waals surface area (Å²) >= 11 is 1.17. The van der Waals surface area contributed by atoms with Gasteiger partial charge in [-0.1, -0.05) is 23.9 Å². The molecule has 1 atom stereocenters. The smallest absolute Gasteiger partial charge is 0.332 e. The number of ether oxygens (including phenoxy) is 1. The quantitative estimate of drug-likeness (QED) is 0.446. The third kappa shape index (κ3) is 3.03. The number of rotatable bonds is 5. The van der Waals surface area contributed by atoms with E-state index in [1.54, 1.807) is 18.5 Å². The van der Waals surface area contributed by atoms with Gasteiger partial charge in [-0.05, 0) is 13.8 Å². The largest absolute Gasteiger partial charge is 0.468 e. The lowest BCUT2D eigenvalue weighted by molar-refractivity contribution is -0.139. The highest BCUT2D eigenvalue weighted by atomic mass is 32.2. The van der Waals surface area contributed by atoms with Crippen molar-refractivity contribution < 1.29 is 9.53 Å². The monoisotopic (exact) mass is 352 g/mol. The molecule has 0 aliphatic rings. The summed E-state index contributed by atoms with van der Waals surface area (Å²) in [6.45, 7) is 7.76. The van der Waals surface area contributed by atoms with Crippen molar-refractivity contribution in [3.8, 4) is 0 Å². The second-order valence-electron chi connectivity index (χ2n) is 5.60. The van der Waals surface area contributed by atoms with Crippen LogP contribution in [0.1, 0.15) is 13.8 Å². The molecule has 9 heteroatoms. The van der Waals surface area contributed by atoms with E-state index in [1.165, 1.54) is 30.5 Å². The number of fused-ring (bicyclic) bond motifs is 1. The summed E-state index contributed by atoms with van der Waals surface area (Å²) in [6, 6.07) is 0. The van der Waals surface area contributed by atoms with Gasteiger partial charge in [0.2, 0.25) is 0 Å². The number of carbonyl (C=O) groups is 1. The van der Waals surface area contributed by atoms with Crippen LogP contribution in [-0.2, 0) is 30.2 Å². The Bertz CT molecular complexity index is 938. The van der Waals surface area contributed by atoms with Gasteiger partial charge in [-0.3, -0.25) is 18.7 Å². The number of hydrogen-bond donors (Lipinski definition) is 0. The third-order valence-electron chi connectivity index (χ3n) is 3.56. The topological polar surface area (TPSA) is 88.1 Å². The number of thioether (sulfide) groups is 1. The van der Waals surface area contributed by atoms with Crippen molar-refractivity contribution in [3.63, 3.8) is 0 Å². The zero-order valence-electron chi connectivity index (χ0n) is 14.3. The average molecular weight is 352 g/mol. The third-order valence-corrected chi connectivity index (χ3v) is 4.62. The fraction of sp³-hybridized carbons (Fsp3) is 0.467. The van der Waals surface area contributed by atoms with Crippen molar-refractivity contribution in [3.05, 3.63) is 33.0 Å². The van der Waals surface area contributed by atoms with E-state index in [-0.39, 0.29) is 5.65 Å². The van der Waals surface area contributed by atoms with Crippen molar-refractivity contribution in [1.82, 2.24) is 18.7 Å². The van der Waals surface area contributed by atoms with Crippen molar-refractivity contribution in [2.24, 2.45) is 14.1 Å². The lowest BCUT2D eigenvalue weighted by Crippen LogP contribution is -2.37. The van der Waals surface area contributed by atoms with E-state index in [2.05, 4.69) is 11.6 Å². The number of imidazole rings is 1. The van der Waals surface area contributed by atoms with Gasteiger partial charge in [-0.15, -0.1) is 0 Å².